The number of methoxy groups -OCH3 is 2. The van der Waals surface area contributed by atoms with Crippen molar-refractivity contribution in [2.75, 3.05) is 14.2 Å². The Morgan fingerprint density at radius 3 is 2.25 bits per heavy atom. The summed E-state index contributed by atoms with van der Waals surface area (Å²) in [6.45, 7) is 5.42. The van der Waals surface area contributed by atoms with Crippen LogP contribution in [0.25, 0.3) is 0 Å². The van der Waals surface area contributed by atoms with E-state index in [4.69, 9.17) is 14.2 Å². The fraction of sp³-hybridized carbons (Fsp3) is 0.368. The molecule has 0 aromatic heterocycles. The fourth-order valence-corrected chi connectivity index (χ4v) is 2.86. The molecule has 0 radical (unpaired) electrons. The van der Waals surface area contributed by atoms with E-state index in [9.17, 15) is 0 Å². The van der Waals surface area contributed by atoms with Crippen LogP contribution in [0.1, 0.15) is 25.0 Å². The molecule has 0 aliphatic carbocycles. The number of ether oxygens (including phenoxy) is 3. The van der Waals surface area contributed by atoms with E-state index in [0.717, 1.165) is 39.4 Å². The van der Waals surface area contributed by atoms with Crippen molar-refractivity contribution in [1.82, 2.24) is 5.32 Å². The molecule has 4 nitrogen and oxygen atoms in total. The lowest BCUT2D eigenvalue weighted by atomic mass is 10.1. The van der Waals surface area contributed by atoms with Gasteiger partial charge in [-0.25, -0.2) is 0 Å². The molecular weight excluding hydrogens is 370 g/mol. The zero-order valence-electron chi connectivity index (χ0n) is 14.6. The lowest BCUT2D eigenvalue weighted by Crippen LogP contribution is -2.14. The third kappa shape index (κ3) is 4.89. The van der Waals surface area contributed by atoms with Gasteiger partial charge in [-0.15, -0.1) is 0 Å². The Hall–Kier alpha value is -1.72. The van der Waals surface area contributed by atoms with Gasteiger partial charge in [-0.3, -0.25) is 0 Å². The number of rotatable bonds is 8. The number of benzene rings is 2. The summed E-state index contributed by atoms with van der Waals surface area (Å²) in [5, 5.41) is 3.44. The van der Waals surface area contributed by atoms with E-state index in [1.807, 2.05) is 44.2 Å². The smallest absolute Gasteiger partial charge is 0.162 e. The van der Waals surface area contributed by atoms with Crippen molar-refractivity contribution in [2.24, 2.45) is 0 Å². The molecule has 2 rings (SSSR count). The summed E-state index contributed by atoms with van der Waals surface area (Å²) in [5.74, 6) is 2.37. The van der Waals surface area contributed by atoms with E-state index in [1.54, 1.807) is 14.2 Å². The van der Waals surface area contributed by atoms with Crippen molar-refractivity contribution in [3.8, 4) is 17.2 Å². The minimum atomic E-state index is 0.0975. The third-order valence-electron chi connectivity index (χ3n) is 3.52. The van der Waals surface area contributed by atoms with Gasteiger partial charge in [0.1, 0.15) is 5.75 Å². The molecule has 130 valence electrons. The highest BCUT2D eigenvalue weighted by Crippen LogP contribution is 2.34. The van der Waals surface area contributed by atoms with Crippen molar-refractivity contribution >= 4 is 15.9 Å². The maximum Gasteiger partial charge on any atom is 0.162 e. The zero-order chi connectivity index (χ0) is 17.5. The van der Waals surface area contributed by atoms with Crippen LogP contribution in [0.4, 0.5) is 0 Å². The molecular formula is C19H24BrNO3. The largest absolute Gasteiger partial charge is 0.496 e. The lowest BCUT2D eigenvalue weighted by molar-refractivity contribution is 0.230. The van der Waals surface area contributed by atoms with Crippen LogP contribution in [0, 0.1) is 0 Å². The quantitative estimate of drug-likeness (QED) is 0.714. The molecule has 0 saturated heterocycles. The van der Waals surface area contributed by atoms with Crippen LogP contribution in [-0.4, -0.2) is 20.3 Å². The minimum absolute atomic E-state index is 0.0975. The lowest BCUT2D eigenvalue weighted by Gasteiger charge is -2.16. The van der Waals surface area contributed by atoms with Gasteiger partial charge in [-0.1, -0.05) is 34.1 Å². The predicted molar refractivity (Wildman–Crippen MR) is 100.0 cm³/mol. The van der Waals surface area contributed by atoms with Crippen LogP contribution in [0.15, 0.2) is 40.9 Å². The summed E-state index contributed by atoms with van der Waals surface area (Å²) in [7, 11) is 3.34. The molecule has 0 fully saturated rings. The highest BCUT2D eigenvalue weighted by Gasteiger charge is 2.12. The number of hydrogen-bond acceptors (Lipinski definition) is 4. The second-order valence-electron chi connectivity index (χ2n) is 5.68. The molecule has 0 bridgehead atoms. The Kier molecular flexibility index (Phi) is 6.94. The second-order valence-corrected chi connectivity index (χ2v) is 6.53. The SMILES string of the molecule is COc1ccccc1CNCc1cc(OC)c(OC(C)C)cc1Br. The van der Waals surface area contributed by atoms with Crippen molar-refractivity contribution in [1.29, 1.82) is 0 Å². The van der Waals surface area contributed by atoms with Crippen molar-refractivity contribution in [2.45, 2.75) is 33.0 Å². The minimum Gasteiger partial charge on any atom is -0.496 e. The normalized spacial score (nSPS) is 10.8. The van der Waals surface area contributed by atoms with Crippen LogP contribution in [0.5, 0.6) is 17.2 Å². The molecule has 0 amide bonds. The van der Waals surface area contributed by atoms with Gasteiger partial charge in [-0.2, -0.15) is 0 Å². The predicted octanol–water partition coefficient (Wildman–Crippen LogP) is 4.54. The molecule has 2 aromatic rings. The van der Waals surface area contributed by atoms with Gasteiger partial charge in [0.25, 0.3) is 0 Å². The van der Waals surface area contributed by atoms with Gasteiger partial charge in [-0.05, 0) is 37.6 Å². The van der Waals surface area contributed by atoms with E-state index < -0.39 is 0 Å². The average Bonchev–Trinajstić information content (AvgIpc) is 2.56. The summed E-state index contributed by atoms with van der Waals surface area (Å²) >= 11 is 3.61. The number of halogens is 1. The molecule has 0 aliphatic heterocycles. The van der Waals surface area contributed by atoms with Gasteiger partial charge in [0.2, 0.25) is 0 Å². The van der Waals surface area contributed by atoms with Crippen molar-refractivity contribution < 1.29 is 14.2 Å². The molecule has 0 aliphatic rings. The molecule has 0 unspecified atom stereocenters. The van der Waals surface area contributed by atoms with Gasteiger partial charge in [0.15, 0.2) is 11.5 Å². The number of para-hydroxylation sites is 1. The molecule has 0 spiro atoms. The zero-order valence-corrected chi connectivity index (χ0v) is 16.1. The first-order valence-electron chi connectivity index (χ1n) is 7.90. The van der Waals surface area contributed by atoms with E-state index in [0.29, 0.717) is 6.54 Å². The Balaban J connectivity index is 2.07. The van der Waals surface area contributed by atoms with Crippen LogP contribution in [0.3, 0.4) is 0 Å². The van der Waals surface area contributed by atoms with Crippen LogP contribution >= 0.6 is 15.9 Å². The molecule has 5 heteroatoms. The fourth-order valence-electron chi connectivity index (χ4n) is 2.40. The Morgan fingerprint density at radius 1 is 0.917 bits per heavy atom. The number of hydrogen-bond donors (Lipinski definition) is 1. The first-order chi connectivity index (χ1) is 11.5. The molecule has 24 heavy (non-hydrogen) atoms. The summed E-state index contributed by atoms with van der Waals surface area (Å²) in [5.41, 5.74) is 2.24. The van der Waals surface area contributed by atoms with Gasteiger partial charge in [0.05, 0.1) is 20.3 Å². The highest BCUT2D eigenvalue weighted by atomic mass is 79.9. The van der Waals surface area contributed by atoms with Crippen molar-refractivity contribution in [3.63, 3.8) is 0 Å². The molecule has 2 aromatic carbocycles. The van der Waals surface area contributed by atoms with Gasteiger partial charge in [0, 0.05) is 23.1 Å². The average molecular weight is 394 g/mol. The Labute approximate surface area is 152 Å². The van der Waals surface area contributed by atoms with Crippen LogP contribution in [0.2, 0.25) is 0 Å². The summed E-state index contributed by atoms with van der Waals surface area (Å²) in [4.78, 5) is 0. The standard InChI is InChI=1S/C19H24BrNO3/c1-13(2)24-19-10-16(20)15(9-18(19)23-4)12-21-11-14-7-5-6-8-17(14)22-3/h5-10,13,21H,11-12H2,1-4H3. The van der Waals surface area contributed by atoms with Gasteiger partial charge >= 0.3 is 0 Å². The monoisotopic (exact) mass is 393 g/mol. The van der Waals surface area contributed by atoms with Crippen molar-refractivity contribution in [3.05, 3.63) is 52.0 Å². The summed E-state index contributed by atoms with van der Waals surface area (Å²) < 4.78 is 17.6. The first kappa shape index (κ1) is 18.6. The van der Waals surface area contributed by atoms with Gasteiger partial charge < -0.3 is 19.5 Å². The molecule has 0 heterocycles. The summed E-state index contributed by atoms with van der Waals surface area (Å²) in [6, 6.07) is 12.0. The first-order valence-corrected chi connectivity index (χ1v) is 8.70. The van der Waals surface area contributed by atoms with E-state index in [2.05, 4.69) is 27.3 Å². The van der Waals surface area contributed by atoms with E-state index in [1.165, 1.54) is 0 Å². The second kappa shape index (κ2) is 8.94. The Bertz CT molecular complexity index is 674. The molecule has 0 saturated carbocycles. The third-order valence-corrected chi connectivity index (χ3v) is 4.26. The van der Waals surface area contributed by atoms with Crippen LogP contribution < -0.4 is 19.5 Å². The molecule has 0 atom stereocenters. The van der Waals surface area contributed by atoms with E-state index >= 15 is 0 Å². The number of nitrogens with one attached hydrogen (secondary N) is 1. The maximum atomic E-state index is 5.78. The highest BCUT2D eigenvalue weighted by molar-refractivity contribution is 9.10. The maximum absolute atomic E-state index is 5.78. The molecule has 1 N–H and O–H groups in total. The Morgan fingerprint density at radius 2 is 1.58 bits per heavy atom. The van der Waals surface area contributed by atoms with E-state index in [-0.39, 0.29) is 6.10 Å². The topological polar surface area (TPSA) is 39.7 Å². The van der Waals surface area contributed by atoms with Crippen LogP contribution in [-0.2, 0) is 13.1 Å². The summed E-state index contributed by atoms with van der Waals surface area (Å²) in [6.07, 6.45) is 0.0975.